The van der Waals surface area contributed by atoms with E-state index in [-0.39, 0.29) is 17.5 Å². The van der Waals surface area contributed by atoms with Gasteiger partial charge in [-0.2, -0.15) is 9.49 Å². The lowest BCUT2D eigenvalue weighted by Crippen LogP contribution is -2.16. The Labute approximate surface area is 154 Å². The molecule has 2 heterocycles. The SMILES string of the molecule is CCc1ccc(OCc2ccc(C(=O)N/N=C\c3ccc(F)s3)o2)cc1. The first-order chi connectivity index (χ1) is 12.6. The highest BCUT2D eigenvalue weighted by molar-refractivity contribution is 7.12. The first-order valence-corrected chi connectivity index (χ1v) is 8.85. The zero-order valence-electron chi connectivity index (χ0n) is 14.1. The zero-order valence-corrected chi connectivity index (χ0v) is 14.9. The number of thiophene rings is 1. The van der Waals surface area contributed by atoms with Crippen LogP contribution in [0.3, 0.4) is 0 Å². The molecule has 0 radical (unpaired) electrons. The number of furan rings is 1. The molecule has 1 N–H and O–H groups in total. The lowest BCUT2D eigenvalue weighted by atomic mass is 10.2. The maximum absolute atomic E-state index is 12.9. The molecule has 1 aromatic carbocycles. The van der Waals surface area contributed by atoms with E-state index in [1.807, 2.05) is 24.3 Å². The Morgan fingerprint density at radius 2 is 2.04 bits per heavy atom. The number of carbonyl (C=O) groups excluding carboxylic acids is 1. The first-order valence-electron chi connectivity index (χ1n) is 8.03. The Hall–Kier alpha value is -2.93. The second-order valence-electron chi connectivity index (χ2n) is 5.39. The van der Waals surface area contributed by atoms with Crippen LogP contribution in [-0.2, 0) is 13.0 Å². The molecule has 5 nitrogen and oxygen atoms in total. The summed E-state index contributed by atoms with van der Waals surface area (Å²) in [6.45, 7) is 2.31. The van der Waals surface area contributed by atoms with Crippen molar-refractivity contribution in [2.75, 3.05) is 0 Å². The van der Waals surface area contributed by atoms with Gasteiger partial charge in [0.2, 0.25) is 0 Å². The average Bonchev–Trinajstić information content (AvgIpc) is 3.29. The van der Waals surface area contributed by atoms with Crippen LogP contribution >= 0.6 is 11.3 Å². The van der Waals surface area contributed by atoms with Gasteiger partial charge in [0.25, 0.3) is 0 Å². The number of rotatable bonds is 7. The minimum absolute atomic E-state index is 0.124. The van der Waals surface area contributed by atoms with E-state index >= 15 is 0 Å². The van der Waals surface area contributed by atoms with Crippen LogP contribution in [0.15, 0.2) is 58.0 Å². The second-order valence-corrected chi connectivity index (χ2v) is 6.46. The van der Waals surface area contributed by atoms with Gasteiger partial charge >= 0.3 is 5.91 Å². The Morgan fingerprint density at radius 1 is 1.23 bits per heavy atom. The Bertz CT molecular complexity index is 900. The minimum atomic E-state index is -0.489. The van der Waals surface area contributed by atoms with Gasteiger partial charge in [-0.3, -0.25) is 4.79 Å². The van der Waals surface area contributed by atoms with Gasteiger partial charge in [-0.25, -0.2) is 5.43 Å². The molecular formula is C19H17FN2O3S. The van der Waals surface area contributed by atoms with Gasteiger partial charge in [-0.05, 0) is 48.4 Å². The van der Waals surface area contributed by atoms with Crippen LogP contribution in [0.5, 0.6) is 5.75 Å². The number of amides is 1. The summed E-state index contributed by atoms with van der Waals surface area (Å²) in [5.74, 6) is 0.896. The lowest BCUT2D eigenvalue weighted by Gasteiger charge is -2.04. The van der Waals surface area contributed by atoms with Crippen LogP contribution in [0.25, 0.3) is 0 Å². The molecule has 134 valence electrons. The molecule has 2 aromatic heterocycles. The van der Waals surface area contributed by atoms with Crippen LogP contribution < -0.4 is 10.2 Å². The summed E-state index contributed by atoms with van der Waals surface area (Å²) in [5.41, 5.74) is 3.57. The first kappa shape index (κ1) is 17.9. The molecule has 0 saturated carbocycles. The third-order valence-corrected chi connectivity index (χ3v) is 4.36. The fraction of sp³-hybridized carbons (Fsp3) is 0.158. The number of ether oxygens (including phenoxy) is 1. The number of halogens is 1. The van der Waals surface area contributed by atoms with Crippen molar-refractivity contribution in [3.63, 3.8) is 0 Å². The molecule has 26 heavy (non-hydrogen) atoms. The van der Waals surface area contributed by atoms with Gasteiger partial charge in [-0.1, -0.05) is 19.1 Å². The van der Waals surface area contributed by atoms with Crippen molar-refractivity contribution in [1.82, 2.24) is 5.43 Å². The van der Waals surface area contributed by atoms with E-state index in [1.54, 1.807) is 18.2 Å². The van der Waals surface area contributed by atoms with Gasteiger partial charge in [-0.15, -0.1) is 11.3 Å². The Kier molecular flexibility index (Phi) is 5.80. The van der Waals surface area contributed by atoms with Crippen molar-refractivity contribution >= 4 is 23.5 Å². The molecule has 0 bridgehead atoms. The number of carbonyl (C=O) groups is 1. The monoisotopic (exact) mass is 372 g/mol. The van der Waals surface area contributed by atoms with Gasteiger partial charge in [0, 0.05) is 0 Å². The molecule has 0 aliphatic heterocycles. The molecule has 0 aliphatic rings. The molecule has 0 aliphatic carbocycles. The van der Waals surface area contributed by atoms with E-state index in [1.165, 1.54) is 17.8 Å². The molecule has 0 saturated heterocycles. The number of hydrogen-bond acceptors (Lipinski definition) is 5. The van der Waals surface area contributed by atoms with Crippen molar-refractivity contribution < 1.29 is 18.3 Å². The predicted molar refractivity (Wildman–Crippen MR) is 98.2 cm³/mol. The molecule has 1 amide bonds. The van der Waals surface area contributed by atoms with Crippen LogP contribution in [0, 0.1) is 5.13 Å². The summed E-state index contributed by atoms with van der Waals surface area (Å²) in [6, 6.07) is 14.0. The predicted octanol–water partition coefficient (Wildman–Crippen LogP) is 4.39. The maximum atomic E-state index is 12.9. The number of hydrogen-bond donors (Lipinski definition) is 1. The third kappa shape index (κ3) is 4.80. The zero-order chi connectivity index (χ0) is 18.4. The van der Waals surface area contributed by atoms with Crippen molar-refractivity contribution in [1.29, 1.82) is 0 Å². The molecule has 7 heteroatoms. The second kappa shape index (κ2) is 8.44. The number of aryl methyl sites for hydroxylation is 1. The molecule has 0 atom stereocenters. The van der Waals surface area contributed by atoms with Crippen LogP contribution in [0.2, 0.25) is 0 Å². The summed E-state index contributed by atoms with van der Waals surface area (Å²) in [5, 5.41) is 3.47. The largest absolute Gasteiger partial charge is 0.486 e. The van der Waals surface area contributed by atoms with Crippen LogP contribution in [0.1, 0.15) is 33.7 Å². The van der Waals surface area contributed by atoms with Gasteiger partial charge in [0.15, 0.2) is 10.9 Å². The molecule has 0 fully saturated rings. The summed E-state index contributed by atoms with van der Waals surface area (Å²) < 4.78 is 23.9. The Balaban J connectivity index is 1.51. The fourth-order valence-corrected chi connectivity index (χ4v) is 2.76. The number of benzene rings is 1. The van der Waals surface area contributed by atoms with Gasteiger partial charge < -0.3 is 9.15 Å². The van der Waals surface area contributed by atoms with Crippen LogP contribution in [0.4, 0.5) is 4.39 Å². The van der Waals surface area contributed by atoms with Crippen molar-refractivity contribution in [3.8, 4) is 5.75 Å². The minimum Gasteiger partial charge on any atom is -0.486 e. The van der Waals surface area contributed by atoms with E-state index in [9.17, 15) is 9.18 Å². The average molecular weight is 372 g/mol. The molecular weight excluding hydrogens is 355 g/mol. The van der Waals surface area contributed by atoms with Crippen LogP contribution in [-0.4, -0.2) is 12.1 Å². The highest BCUT2D eigenvalue weighted by Crippen LogP contribution is 2.16. The smallest absolute Gasteiger partial charge is 0.307 e. The normalized spacial score (nSPS) is 11.0. The maximum Gasteiger partial charge on any atom is 0.307 e. The summed E-state index contributed by atoms with van der Waals surface area (Å²) in [4.78, 5) is 12.6. The highest BCUT2D eigenvalue weighted by Gasteiger charge is 2.11. The molecule has 0 spiro atoms. The summed E-state index contributed by atoms with van der Waals surface area (Å²) in [7, 11) is 0. The summed E-state index contributed by atoms with van der Waals surface area (Å²) in [6.07, 6.45) is 2.35. The highest BCUT2D eigenvalue weighted by atomic mass is 32.1. The van der Waals surface area contributed by atoms with E-state index in [2.05, 4.69) is 17.5 Å². The number of hydrazone groups is 1. The summed E-state index contributed by atoms with van der Waals surface area (Å²) >= 11 is 0.939. The lowest BCUT2D eigenvalue weighted by molar-refractivity contribution is 0.0923. The van der Waals surface area contributed by atoms with Crippen molar-refractivity contribution in [2.45, 2.75) is 20.0 Å². The molecule has 0 unspecified atom stereocenters. The third-order valence-electron chi connectivity index (χ3n) is 3.55. The fourth-order valence-electron chi connectivity index (χ4n) is 2.16. The van der Waals surface area contributed by atoms with E-state index in [0.29, 0.717) is 10.6 Å². The van der Waals surface area contributed by atoms with Crippen molar-refractivity contribution in [2.24, 2.45) is 5.10 Å². The topological polar surface area (TPSA) is 63.8 Å². The Morgan fingerprint density at radius 3 is 2.73 bits per heavy atom. The standard InChI is InChI=1S/C19H17FN2O3S/c1-2-13-3-5-14(6-4-13)24-12-15-7-9-17(25-15)19(23)22-21-11-16-8-10-18(20)26-16/h3-11H,2,12H2,1H3,(H,22,23)/b21-11-. The number of nitrogens with zero attached hydrogens (tertiary/aromatic N) is 1. The van der Waals surface area contributed by atoms with Crippen molar-refractivity contribution in [3.05, 3.63) is 75.6 Å². The number of nitrogens with one attached hydrogen (secondary N) is 1. The van der Waals surface area contributed by atoms with E-state index in [4.69, 9.17) is 9.15 Å². The van der Waals surface area contributed by atoms with Gasteiger partial charge in [0.05, 0.1) is 11.1 Å². The quantitative estimate of drug-likeness (QED) is 0.494. The van der Waals surface area contributed by atoms with Gasteiger partial charge in [0.1, 0.15) is 18.1 Å². The molecule has 3 rings (SSSR count). The van der Waals surface area contributed by atoms with E-state index < -0.39 is 5.91 Å². The van der Waals surface area contributed by atoms with E-state index in [0.717, 1.165) is 23.5 Å². The molecule has 3 aromatic rings.